The van der Waals surface area contributed by atoms with E-state index in [1.165, 1.54) is 0 Å². The molecule has 0 saturated carbocycles. The molecule has 0 unspecified atom stereocenters. The van der Waals surface area contributed by atoms with Gasteiger partial charge < -0.3 is 34.7 Å². The maximum atomic E-state index is 9.90. The van der Waals surface area contributed by atoms with Gasteiger partial charge in [0.2, 0.25) is 0 Å². The van der Waals surface area contributed by atoms with E-state index in [0.29, 0.717) is 0 Å². The zero-order valence-electron chi connectivity index (χ0n) is 8.96. The molecule has 1 rings (SSSR count). The summed E-state index contributed by atoms with van der Waals surface area (Å²) in [5.41, 5.74) is 0. The summed E-state index contributed by atoms with van der Waals surface area (Å²) in [6, 6.07) is 3.67. The van der Waals surface area contributed by atoms with Crippen LogP contribution in [0.5, 0.6) is 0 Å². The lowest BCUT2D eigenvalue weighted by Gasteiger charge is -2.22. The Morgan fingerprint density at radius 2 is 1.59 bits per heavy atom. The Labute approximate surface area is 97.6 Å². The highest BCUT2D eigenvalue weighted by Crippen LogP contribution is 2.02. The zero-order chi connectivity index (χ0) is 13.3. The molecule has 1 heterocycles. The zero-order valence-corrected chi connectivity index (χ0v) is 8.96. The first-order chi connectivity index (χ1) is 8.04. The first-order valence-electron chi connectivity index (χ1n) is 4.80. The standard InChI is InChI=1S/C6H12O6.C4H4O/c7-1-3(9)5(11)6(12)4(10)2-8;1-2-4-5-3-1/h1,3-6,8-12H,2H2;1-4H/t3-,4+,5+,6+;/m0./s1. The van der Waals surface area contributed by atoms with E-state index in [-0.39, 0.29) is 6.29 Å². The van der Waals surface area contributed by atoms with E-state index in [1.54, 1.807) is 12.5 Å². The van der Waals surface area contributed by atoms with Gasteiger partial charge in [-0.25, -0.2) is 0 Å². The van der Waals surface area contributed by atoms with Gasteiger partial charge in [0, 0.05) is 0 Å². The van der Waals surface area contributed by atoms with Gasteiger partial charge in [0.15, 0.2) is 6.29 Å². The maximum Gasteiger partial charge on any atom is 0.151 e. The van der Waals surface area contributed by atoms with Crippen molar-refractivity contribution in [2.24, 2.45) is 0 Å². The SMILES string of the molecule is O=C[C@H](O)[C@@H](O)[C@H](O)[C@H](O)CO.c1ccoc1. The van der Waals surface area contributed by atoms with Crippen molar-refractivity contribution in [3.63, 3.8) is 0 Å². The van der Waals surface area contributed by atoms with Gasteiger partial charge in [0.05, 0.1) is 19.1 Å². The summed E-state index contributed by atoms with van der Waals surface area (Å²) < 4.78 is 4.58. The number of hydrogen-bond acceptors (Lipinski definition) is 7. The summed E-state index contributed by atoms with van der Waals surface area (Å²) in [6.07, 6.45) is -3.59. The van der Waals surface area contributed by atoms with Crippen LogP contribution in [-0.2, 0) is 4.79 Å². The van der Waals surface area contributed by atoms with Gasteiger partial charge in [-0.1, -0.05) is 0 Å². The van der Waals surface area contributed by atoms with Gasteiger partial charge in [0.1, 0.15) is 24.4 Å². The van der Waals surface area contributed by atoms with Crippen molar-refractivity contribution in [2.75, 3.05) is 6.61 Å². The fourth-order valence-electron chi connectivity index (χ4n) is 0.845. The maximum absolute atomic E-state index is 9.90. The largest absolute Gasteiger partial charge is 0.473 e. The van der Waals surface area contributed by atoms with E-state index < -0.39 is 31.0 Å². The first-order valence-corrected chi connectivity index (χ1v) is 4.80. The fourth-order valence-corrected chi connectivity index (χ4v) is 0.845. The molecule has 1 aromatic heterocycles. The van der Waals surface area contributed by atoms with Crippen molar-refractivity contribution < 1.29 is 34.7 Å². The van der Waals surface area contributed by atoms with Crippen LogP contribution in [0.3, 0.4) is 0 Å². The lowest BCUT2D eigenvalue weighted by molar-refractivity contribution is -0.136. The van der Waals surface area contributed by atoms with Gasteiger partial charge >= 0.3 is 0 Å². The highest BCUT2D eigenvalue weighted by molar-refractivity contribution is 5.56. The number of furan rings is 1. The highest BCUT2D eigenvalue weighted by atomic mass is 16.4. The van der Waals surface area contributed by atoms with E-state index in [1.807, 2.05) is 12.1 Å². The highest BCUT2D eigenvalue weighted by Gasteiger charge is 2.29. The van der Waals surface area contributed by atoms with Gasteiger partial charge in [0.25, 0.3) is 0 Å². The van der Waals surface area contributed by atoms with Crippen molar-refractivity contribution in [2.45, 2.75) is 24.4 Å². The van der Waals surface area contributed by atoms with Crippen molar-refractivity contribution in [1.29, 1.82) is 0 Å². The van der Waals surface area contributed by atoms with E-state index >= 15 is 0 Å². The molecule has 0 aromatic carbocycles. The number of aldehydes is 1. The third-order valence-corrected chi connectivity index (χ3v) is 1.85. The summed E-state index contributed by atoms with van der Waals surface area (Å²) in [4.78, 5) is 9.90. The molecule has 5 N–H and O–H groups in total. The number of aliphatic hydroxyl groups excluding tert-OH is 5. The number of rotatable bonds is 5. The lowest BCUT2D eigenvalue weighted by atomic mass is 10.0. The normalized spacial score (nSPS) is 17.2. The van der Waals surface area contributed by atoms with Crippen molar-refractivity contribution in [3.05, 3.63) is 24.7 Å². The van der Waals surface area contributed by atoms with Crippen LogP contribution in [0.1, 0.15) is 0 Å². The van der Waals surface area contributed by atoms with Crippen LogP contribution in [0.15, 0.2) is 29.1 Å². The molecule has 0 spiro atoms. The Morgan fingerprint density at radius 3 is 1.88 bits per heavy atom. The van der Waals surface area contributed by atoms with Crippen LogP contribution in [0.4, 0.5) is 0 Å². The number of aliphatic hydroxyl groups is 5. The molecule has 17 heavy (non-hydrogen) atoms. The second-order valence-corrected chi connectivity index (χ2v) is 3.15. The molecule has 4 atom stereocenters. The predicted octanol–water partition coefficient (Wildman–Crippen LogP) is -2.10. The Balaban J connectivity index is 0.000000419. The minimum Gasteiger partial charge on any atom is -0.473 e. The Bertz CT molecular complexity index is 257. The quantitative estimate of drug-likeness (QED) is 0.377. The second kappa shape index (κ2) is 8.85. The molecule has 0 fully saturated rings. The Hall–Kier alpha value is -1.25. The van der Waals surface area contributed by atoms with Gasteiger partial charge in [-0.15, -0.1) is 0 Å². The monoisotopic (exact) mass is 248 g/mol. The number of carbonyl (C=O) groups excluding carboxylic acids is 1. The van der Waals surface area contributed by atoms with Crippen LogP contribution in [-0.4, -0.2) is 62.8 Å². The van der Waals surface area contributed by atoms with E-state index in [2.05, 4.69) is 4.42 Å². The van der Waals surface area contributed by atoms with Gasteiger partial charge in [-0.05, 0) is 12.1 Å². The van der Waals surface area contributed by atoms with Gasteiger partial charge in [-0.2, -0.15) is 0 Å². The molecule has 0 aliphatic heterocycles. The smallest absolute Gasteiger partial charge is 0.151 e. The van der Waals surface area contributed by atoms with Crippen molar-refractivity contribution in [3.8, 4) is 0 Å². The molecule has 0 radical (unpaired) electrons. The third-order valence-electron chi connectivity index (χ3n) is 1.85. The molecular formula is C10H16O7. The molecule has 0 bridgehead atoms. The van der Waals surface area contributed by atoms with Crippen LogP contribution < -0.4 is 0 Å². The Kier molecular flexibility index (Phi) is 8.20. The minimum atomic E-state index is -1.79. The number of hydrogen-bond donors (Lipinski definition) is 5. The molecule has 0 amide bonds. The molecule has 7 heteroatoms. The molecule has 0 aliphatic rings. The summed E-state index contributed by atoms with van der Waals surface area (Å²) in [5, 5.41) is 43.5. The molecular weight excluding hydrogens is 232 g/mol. The third kappa shape index (κ3) is 6.15. The molecule has 0 saturated heterocycles. The average Bonchev–Trinajstić information content (AvgIpc) is 2.93. The summed E-state index contributed by atoms with van der Waals surface area (Å²) in [6.45, 7) is -0.760. The van der Waals surface area contributed by atoms with Crippen LogP contribution >= 0.6 is 0 Å². The van der Waals surface area contributed by atoms with Crippen LogP contribution in [0, 0.1) is 0 Å². The van der Waals surface area contributed by atoms with E-state index in [4.69, 9.17) is 25.5 Å². The minimum absolute atomic E-state index is 0.0258. The van der Waals surface area contributed by atoms with Crippen LogP contribution in [0.2, 0.25) is 0 Å². The van der Waals surface area contributed by atoms with Crippen LogP contribution in [0.25, 0.3) is 0 Å². The average molecular weight is 248 g/mol. The molecule has 98 valence electrons. The summed E-state index contributed by atoms with van der Waals surface area (Å²) in [5.74, 6) is 0. The number of carbonyl (C=O) groups is 1. The molecule has 0 aliphatic carbocycles. The van der Waals surface area contributed by atoms with E-state index in [0.717, 1.165) is 0 Å². The van der Waals surface area contributed by atoms with Crippen molar-refractivity contribution in [1.82, 2.24) is 0 Å². The summed E-state index contributed by atoms with van der Waals surface area (Å²) >= 11 is 0. The topological polar surface area (TPSA) is 131 Å². The lowest BCUT2D eigenvalue weighted by Crippen LogP contribution is -2.46. The molecule has 7 nitrogen and oxygen atoms in total. The molecule has 1 aromatic rings. The van der Waals surface area contributed by atoms with Crippen molar-refractivity contribution >= 4 is 6.29 Å². The Morgan fingerprint density at radius 1 is 1.06 bits per heavy atom. The predicted molar refractivity (Wildman–Crippen MR) is 55.9 cm³/mol. The van der Waals surface area contributed by atoms with Gasteiger partial charge in [-0.3, -0.25) is 0 Å². The fraction of sp³-hybridized carbons (Fsp3) is 0.500. The second-order valence-electron chi connectivity index (χ2n) is 3.15. The van der Waals surface area contributed by atoms with E-state index in [9.17, 15) is 4.79 Å². The summed E-state index contributed by atoms with van der Waals surface area (Å²) in [7, 11) is 0. The first kappa shape index (κ1) is 15.8.